The number of nitrogens with zero attached hydrogens (tertiary/aromatic N) is 2. The lowest BCUT2D eigenvalue weighted by Gasteiger charge is -2.16. The van der Waals surface area contributed by atoms with Gasteiger partial charge in [0.2, 0.25) is 0 Å². The van der Waals surface area contributed by atoms with Crippen LogP contribution in [0, 0.1) is 5.82 Å². The van der Waals surface area contributed by atoms with Crippen molar-refractivity contribution in [1.29, 1.82) is 0 Å². The van der Waals surface area contributed by atoms with E-state index in [1.54, 1.807) is 18.2 Å². The minimum atomic E-state index is -0.298. The molecule has 5 nitrogen and oxygen atoms in total. The van der Waals surface area contributed by atoms with E-state index in [9.17, 15) is 9.18 Å². The number of amides is 1. The summed E-state index contributed by atoms with van der Waals surface area (Å²) in [7, 11) is 0. The molecule has 1 aliphatic heterocycles. The van der Waals surface area contributed by atoms with Gasteiger partial charge in [0.25, 0.3) is 5.91 Å². The normalized spacial score (nSPS) is 17.0. The van der Waals surface area contributed by atoms with Crippen LogP contribution >= 0.6 is 0 Å². The van der Waals surface area contributed by atoms with Crippen molar-refractivity contribution in [3.63, 3.8) is 0 Å². The molecule has 2 heterocycles. The van der Waals surface area contributed by atoms with E-state index in [0.717, 1.165) is 31.6 Å². The summed E-state index contributed by atoms with van der Waals surface area (Å²) in [6, 6.07) is 18.3. The molecule has 1 saturated heterocycles. The highest BCUT2D eigenvalue weighted by atomic mass is 19.1. The fraction of sp³-hybridized carbons (Fsp3) is 0.273. The molecule has 0 radical (unpaired) electrons. The Morgan fingerprint density at radius 2 is 1.96 bits per heavy atom. The van der Waals surface area contributed by atoms with E-state index in [1.165, 1.54) is 17.7 Å². The van der Waals surface area contributed by atoms with E-state index in [2.05, 4.69) is 44.7 Å². The van der Waals surface area contributed by atoms with Crippen LogP contribution in [0.3, 0.4) is 0 Å². The van der Waals surface area contributed by atoms with Crippen LogP contribution < -0.4 is 5.32 Å². The van der Waals surface area contributed by atoms with Crippen molar-refractivity contribution in [1.82, 2.24) is 20.4 Å². The van der Waals surface area contributed by atoms with Crippen molar-refractivity contribution in [3.8, 4) is 11.3 Å². The quantitative estimate of drug-likeness (QED) is 0.691. The lowest BCUT2D eigenvalue weighted by atomic mass is 9.99. The Balaban J connectivity index is 1.26. The summed E-state index contributed by atoms with van der Waals surface area (Å²) in [5.41, 5.74) is 3.18. The zero-order valence-corrected chi connectivity index (χ0v) is 15.6. The Bertz CT molecular complexity index is 923. The van der Waals surface area contributed by atoms with Crippen LogP contribution in [0.15, 0.2) is 60.7 Å². The van der Waals surface area contributed by atoms with Gasteiger partial charge in [0.05, 0.1) is 5.69 Å². The fourth-order valence-corrected chi connectivity index (χ4v) is 3.66. The molecule has 1 unspecified atom stereocenters. The minimum Gasteiger partial charge on any atom is -0.349 e. The van der Waals surface area contributed by atoms with Crippen molar-refractivity contribution in [2.75, 3.05) is 26.2 Å². The molecule has 0 aliphatic carbocycles. The van der Waals surface area contributed by atoms with Gasteiger partial charge < -0.3 is 10.2 Å². The van der Waals surface area contributed by atoms with Crippen molar-refractivity contribution in [2.45, 2.75) is 12.3 Å². The first-order valence-corrected chi connectivity index (χ1v) is 9.56. The molecule has 0 saturated carbocycles. The van der Waals surface area contributed by atoms with Crippen LogP contribution in [-0.4, -0.2) is 47.2 Å². The van der Waals surface area contributed by atoms with Crippen LogP contribution in [0.1, 0.15) is 28.4 Å². The first-order valence-electron chi connectivity index (χ1n) is 9.56. The lowest BCUT2D eigenvalue weighted by molar-refractivity contribution is 0.0944. The summed E-state index contributed by atoms with van der Waals surface area (Å²) in [4.78, 5) is 14.7. The molecule has 1 aromatic heterocycles. The second-order valence-electron chi connectivity index (χ2n) is 7.13. The number of nitrogens with one attached hydrogen (secondary N) is 2. The maximum Gasteiger partial charge on any atom is 0.269 e. The maximum absolute atomic E-state index is 13.0. The van der Waals surface area contributed by atoms with Gasteiger partial charge in [-0.15, -0.1) is 0 Å². The van der Waals surface area contributed by atoms with E-state index in [0.29, 0.717) is 23.9 Å². The van der Waals surface area contributed by atoms with E-state index in [4.69, 9.17) is 0 Å². The van der Waals surface area contributed by atoms with E-state index < -0.39 is 0 Å². The molecule has 1 amide bonds. The van der Waals surface area contributed by atoms with Crippen molar-refractivity contribution in [2.24, 2.45) is 0 Å². The SMILES string of the molecule is O=C(NCCN1CCC(c2ccccc2)C1)c1cc(-c2ccc(F)cc2)n[nH]1. The van der Waals surface area contributed by atoms with Gasteiger partial charge in [0.1, 0.15) is 11.5 Å². The van der Waals surface area contributed by atoms with E-state index in [1.807, 2.05) is 6.07 Å². The molecule has 0 bridgehead atoms. The zero-order chi connectivity index (χ0) is 19.3. The Morgan fingerprint density at radius 1 is 1.18 bits per heavy atom. The number of carbonyl (C=O) groups is 1. The molecule has 28 heavy (non-hydrogen) atoms. The number of rotatable bonds is 6. The van der Waals surface area contributed by atoms with E-state index in [-0.39, 0.29) is 11.7 Å². The Kier molecular flexibility index (Phi) is 5.48. The fourth-order valence-electron chi connectivity index (χ4n) is 3.66. The van der Waals surface area contributed by atoms with Crippen LogP contribution in [0.2, 0.25) is 0 Å². The van der Waals surface area contributed by atoms with E-state index >= 15 is 0 Å². The van der Waals surface area contributed by atoms with Crippen LogP contribution in [0.5, 0.6) is 0 Å². The number of carbonyl (C=O) groups excluding carboxylic acids is 1. The molecule has 2 N–H and O–H groups in total. The molecular formula is C22H23FN4O. The van der Waals surface area contributed by atoms with Gasteiger partial charge in [0, 0.05) is 25.2 Å². The number of hydrogen-bond donors (Lipinski definition) is 2. The zero-order valence-electron chi connectivity index (χ0n) is 15.6. The Labute approximate surface area is 163 Å². The smallest absolute Gasteiger partial charge is 0.269 e. The van der Waals surface area contributed by atoms with Crippen molar-refractivity contribution in [3.05, 3.63) is 77.7 Å². The molecule has 1 atom stereocenters. The third-order valence-corrected chi connectivity index (χ3v) is 5.22. The number of H-pyrrole nitrogens is 1. The summed E-state index contributed by atoms with van der Waals surface area (Å²) in [6.07, 6.45) is 1.15. The highest BCUT2D eigenvalue weighted by Gasteiger charge is 2.23. The molecule has 0 spiro atoms. The monoisotopic (exact) mass is 378 g/mol. The number of aromatic nitrogens is 2. The summed E-state index contributed by atoms with van der Waals surface area (Å²) in [6.45, 7) is 3.49. The molecule has 3 aromatic rings. The maximum atomic E-state index is 13.0. The summed E-state index contributed by atoms with van der Waals surface area (Å²) in [5.74, 6) is 0.0936. The number of halogens is 1. The first-order chi connectivity index (χ1) is 13.7. The van der Waals surface area contributed by atoms with Crippen molar-refractivity contribution >= 4 is 5.91 Å². The molecule has 2 aromatic carbocycles. The third-order valence-electron chi connectivity index (χ3n) is 5.22. The minimum absolute atomic E-state index is 0.181. The molecule has 144 valence electrons. The standard InChI is InChI=1S/C22H23FN4O/c23-19-8-6-17(7-9-19)20-14-21(26-25-20)22(28)24-11-13-27-12-10-18(15-27)16-4-2-1-3-5-16/h1-9,14,18H,10-13,15H2,(H,24,28)(H,25,26). The van der Waals surface area contributed by atoms with Crippen molar-refractivity contribution < 1.29 is 9.18 Å². The highest BCUT2D eigenvalue weighted by molar-refractivity contribution is 5.93. The van der Waals surface area contributed by atoms with Gasteiger partial charge in [-0.05, 0) is 54.8 Å². The number of hydrogen-bond acceptors (Lipinski definition) is 3. The third kappa shape index (κ3) is 4.28. The van der Waals surface area contributed by atoms with Gasteiger partial charge in [-0.25, -0.2) is 4.39 Å². The average molecular weight is 378 g/mol. The molecule has 1 aliphatic rings. The number of benzene rings is 2. The van der Waals surface area contributed by atoms with Crippen LogP contribution in [-0.2, 0) is 0 Å². The largest absolute Gasteiger partial charge is 0.349 e. The molecule has 4 rings (SSSR count). The topological polar surface area (TPSA) is 61.0 Å². The summed E-state index contributed by atoms with van der Waals surface area (Å²) >= 11 is 0. The number of likely N-dealkylation sites (tertiary alicyclic amines) is 1. The predicted octanol–water partition coefficient (Wildman–Crippen LogP) is 3.44. The van der Waals surface area contributed by atoms with Gasteiger partial charge in [0.15, 0.2) is 0 Å². The first kappa shape index (κ1) is 18.4. The average Bonchev–Trinajstić information content (AvgIpc) is 3.39. The number of aromatic amines is 1. The molecular weight excluding hydrogens is 355 g/mol. The Hall–Kier alpha value is -2.99. The van der Waals surface area contributed by atoms with Gasteiger partial charge in [-0.3, -0.25) is 9.89 Å². The van der Waals surface area contributed by atoms with Gasteiger partial charge >= 0.3 is 0 Å². The van der Waals surface area contributed by atoms with Crippen LogP contribution in [0.25, 0.3) is 11.3 Å². The van der Waals surface area contributed by atoms with Gasteiger partial charge in [-0.1, -0.05) is 30.3 Å². The van der Waals surface area contributed by atoms with Crippen LogP contribution in [0.4, 0.5) is 4.39 Å². The second-order valence-corrected chi connectivity index (χ2v) is 7.13. The Morgan fingerprint density at radius 3 is 2.75 bits per heavy atom. The predicted molar refractivity (Wildman–Crippen MR) is 107 cm³/mol. The lowest BCUT2D eigenvalue weighted by Crippen LogP contribution is -2.34. The second kappa shape index (κ2) is 8.35. The highest BCUT2D eigenvalue weighted by Crippen LogP contribution is 2.26. The van der Waals surface area contributed by atoms with Gasteiger partial charge in [-0.2, -0.15) is 5.10 Å². The molecule has 1 fully saturated rings. The summed E-state index contributed by atoms with van der Waals surface area (Å²) in [5, 5.41) is 9.85. The molecule has 6 heteroatoms. The summed E-state index contributed by atoms with van der Waals surface area (Å²) < 4.78 is 13.0.